The van der Waals surface area contributed by atoms with E-state index < -0.39 is 0 Å². The summed E-state index contributed by atoms with van der Waals surface area (Å²) in [5.41, 5.74) is 1.02. The Morgan fingerprint density at radius 3 is 2.85 bits per heavy atom. The molecule has 1 fully saturated rings. The minimum Gasteiger partial charge on any atom is -0.315 e. The van der Waals surface area contributed by atoms with E-state index in [9.17, 15) is 4.39 Å². The first-order valence-corrected chi connectivity index (χ1v) is 7.81. The highest BCUT2D eigenvalue weighted by molar-refractivity contribution is 9.10. The van der Waals surface area contributed by atoms with Crippen LogP contribution in [-0.4, -0.2) is 62.7 Å². The Hall–Kier alpha value is -0.490. The van der Waals surface area contributed by atoms with Crippen molar-refractivity contribution in [2.75, 3.05) is 40.8 Å². The molecule has 2 unspecified atom stereocenters. The van der Waals surface area contributed by atoms with Crippen molar-refractivity contribution in [3.05, 3.63) is 34.1 Å². The van der Waals surface area contributed by atoms with Gasteiger partial charge in [0.15, 0.2) is 0 Å². The third-order valence-electron chi connectivity index (χ3n) is 4.21. The normalized spacial score (nSPS) is 22.9. The van der Waals surface area contributed by atoms with Gasteiger partial charge in [-0.25, -0.2) is 4.39 Å². The second-order valence-corrected chi connectivity index (χ2v) is 6.42. The van der Waals surface area contributed by atoms with Gasteiger partial charge in [0.25, 0.3) is 0 Å². The van der Waals surface area contributed by atoms with E-state index in [0.29, 0.717) is 16.6 Å². The quantitative estimate of drug-likeness (QED) is 0.901. The van der Waals surface area contributed by atoms with Crippen LogP contribution in [0.3, 0.4) is 0 Å². The summed E-state index contributed by atoms with van der Waals surface area (Å²) in [6.07, 6.45) is 0.817. The first-order chi connectivity index (χ1) is 9.52. The van der Waals surface area contributed by atoms with Gasteiger partial charge in [0.05, 0.1) is 4.47 Å². The number of benzene rings is 1. The molecule has 20 heavy (non-hydrogen) atoms. The van der Waals surface area contributed by atoms with E-state index in [2.05, 4.69) is 45.1 Å². The Morgan fingerprint density at radius 2 is 2.15 bits per heavy atom. The standard InChI is InChI=1S/C15H23BrFN3/c1-18-13(14-10-19(2)7-8-20(14)3)9-11-5-4-6-12(17)15(11)16/h4-6,13-14,18H,7-10H2,1-3H3. The lowest BCUT2D eigenvalue weighted by Gasteiger charge is -2.42. The number of hydrogen-bond donors (Lipinski definition) is 1. The van der Waals surface area contributed by atoms with Crippen molar-refractivity contribution in [3.63, 3.8) is 0 Å². The van der Waals surface area contributed by atoms with Crippen LogP contribution in [0.15, 0.2) is 22.7 Å². The lowest BCUT2D eigenvalue weighted by atomic mass is 9.96. The predicted octanol–water partition coefficient (Wildman–Crippen LogP) is 1.96. The third kappa shape index (κ3) is 3.58. The lowest BCUT2D eigenvalue weighted by molar-refractivity contribution is 0.0896. The van der Waals surface area contributed by atoms with E-state index in [0.717, 1.165) is 31.6 Å². The summed E-state index contributed by atoms with van der Waals surface area (Å²) in [5.74, 6) is -0.188. The van der Waals surface area contributed by atoms with Crippen LogP contribution in [-0.2, 0) is 6.42 Å². The Bertz CT molecular complexity index is 455. The molecule has 1 saturated heterocycles. The summed E-state index contributed by atoms with van der Waals surface area (Å²) in [6.45, 7) is 3.21. The fraction of sp³-hybridized carbons (Fsp3) is 0.600. The van der Waals surface area contributed by atoms with Crippen molar-refractivity contribution in [2.24, 2.45) is 0 Å². The highest BCUT2D eigenvalue weighted by Gasteiger charge is 2.29. The summed E-state index contributed by atoms with van der Waals surface area (Å²) in [6, 6.07) is 6.00. The van der Waals surface area contributed by atoms with E-state index in [1.807, 2.05) is 13.1 Å². The first-order valence-electron chi connectivity index (χ1n) is 7.02. The molecular weight excluding hydrogens is 321 g/mol. The molecule has 1 aromatic carbocycles. The van der Waals surface area contributed by atoms with Crippen LogP contribution in [0.25, 0.3) is 0 Å². The zero-order valence-electron chi connectivity index (χ0n) is 12.4. The molecule has 5 heteroatoms. The van der Waals surface area contributed by atoms with Gasteiger partial charge >= 0.3 is 0 Å². The van der Waals surface area contributed by atoms with Crippen molar-refractivity contribution < 1.29 is 4.39 Å². The third-order valence-corrected chi connectivity index (χ3v) is 5.09. The van der Waals surface area contributed by atoms with Crippen LogP contribution < -0.4 is 5.32 Å². The largest absolute Gasteiger partial charge is 0.315 e. The molecule has 112 valence electrons. The number of hydrogen-bond acceptors (Lipinski definition) is 3. The monoisotopic (exact) mass is 343 g/mol. The molecule has 2 rings (SSSR count). The van der Waals surface area contributed by atoms with Crippen LogP contribution in [0.5, 0.6) is 0 Å². The molecule has 1 N–H and O–H groups in total. The maximum atomic E-state index is 13.6. The summed E-state index contributed by atoms with van der Waals surface area (Å²) < 4.78 is 14.2. The predicted molar refractivity (Wildman–Crippen MR) is 84.6 cm³/mol. The van der Waals surface area contributed by atoms with Crippen LogP contribution >= 0.6 is 15.9 Å². The molecule has 1 aromatic rings. The van der Waals surface area contributed by atoms with E-state index in [1.165, 1.54) is 6.07 Å². The lowest BCUT2D eigenvalue weighted by Crippen LogP contribution is -2.58. The summed E-state index contributed by atoms with van der Waals surface area (Å²) in [7, 11) is 6.31. The zero-order valence-corrected chi connectivity index (χ0v) is 14.0. The molecule has 1 aliphatic heterocycles. The average Bonchev–Trinajstić information content (AvgIpc) is 2.43. The topological polar surface area (TPSA) is 18.5 Å². The fourth-order valence-electron chi connectivity index (χ4n) is 2.85. The van der Waals surface area contributed by atoms with E-state index in [1.54, 1.807) is 6.07 Å². The number of likely N-dealkylation sites (N-methyl/N-ethyl adjacent to an activating group) is 3. The van der Waals surface area contributed by atoms with E-state index in [4.69, 9.17) is 0 Å². The van der Waals surface area contributed by atoms with Crippen molar-refractivity contribution in [2.45, 2.75) is 18.5 Å². The molecule has 1 aliphatic rings. The second-order valence-electron chi connectivity index (χ2n) is 5.62. The molecule has 0 amide bonds. The molecule has 0 bridgehead atoms. The molecule has 1 heterocycles. The van der Waals surface area contributed by atoms with Gasteiger partial charge in [-0.15, -0.1) is 0 Å². The van der Waals surface area contributed by atoms with Gasteiger partial charge in [0, 0.05) is 31.7 Å². The zero-order chi connectivity index (χ0) is 14.7. The van der Waals surface area contributed by atoms with Gasteiger partial charge in [-0.05, 0) is 55.1 Å². The van der Waals surface area contributed by atoms with E-state index in [-0.39, 0.29) is 5.82 Å². The van der Waals surface area contributed by atoms with Crippen molar-refractivity contribution in [3.8, 4) is 0 Å². The van der Waals surface area contributed by atoms with Gasteiger partial charge in [0.1, 0.15) is 5.82 Å². The molecule has 0 aliphatic carbocycles. The van der Waals surface area contributed by atoms with E-state index >= 15 is 0 Å². The summed E-state index contributed by atoms with van der Waals surface area (Å²) in [5, 5.41) is 3.41. The first kappa shape index (κ1) is 15.9. The number of nitrogens with zero attached hydrogens (tertiary/aromatic N) is 2. The highest BCUT2D eigenvalue weighted by Crippen LogP contribution is 2.23. The smallest absolute Gasteiger partial charge is 0.137 e. The van der Waals surface area contributed by atoms with Gasteiger partial charge in [-0.2, -0.15) is 0 Å². The highest BCUT2D eigenvalue weighted by atomic mass is 79.9. The molecular formula is C15H23BrFN3. The van der Waals surface area contributed by atoms with Crippen LogP contribution in [0.2, 0.25) is 0 Å². The van der Waals surface area contributed by atoms with Gasteiger partial charge < -0.3 is 10.2 Å². The molecule has 0 radical (unpaired) electrons. The molecule has 3 nitrogen and oxygen atoms in total. The van der Waals surface area contributed by atoms with Crippen molar-refractivity contribution >= 4 is 15.9 Å². The minimum atomic E-state index is -0.188. The van der Waals surface area contributed by atoms with Gasteiger partial charge in [0.2, 0.25) is 0 Å². The Labute approximate surface area is 129 Å². The van der Waals surface area contributed by atoms with Crippen molar-refractivity contribution in [1.82, 2.24) is 15.1 Å². The summed E-state index contributed by atoms with van der Waals surface area (Å²) >= 11 is 3.36. The average molecular weight is 344 g/mol. The SMILES string of the molecule is CNC(Cc1cccc(F)c1Br)C1CN(C)CCN1C. The number of rotatable bonds is 4. The molecule has 0 aromatic heterocycles. The Kier molecular flexibility index (Phi) is 5.55. The summed E-state index contributed by atoms with van der Waals surface area (Å²) in [4.78, 5) is 4.75. The Balaban J connectivity index is 2.14. The van der Waals surface area contributed by atoms with Crippen LogP contribution in [0.1, 0.15) is 5.56 Å². The molecule has 0 saturated carbocycles. The van der Waals surface area contributed by atoms with Gasteiger partial charge in [-0.1, -0.05) is 12.1 Å². The fourth-order valence-corrected chi connectivity index (χ4v) is 3.28. The number of nitrogens with one attached hydrogen (secondary N) is 1. The maximum absolute atomic E-state index is 13.6. The van der Waals surface area contributed by atoms with Crippen LogP contribution in [0, 0.1) is 5.82 Å². The minimum absolute atomic E-state index is 0.188. The van der Waals surface area contributed by atoms with Gasteiger partial charge in [-0.3, -0.25) is 4.90 Å². The number of piperazine rings is 1. The second kappa shape index (κ2) is 6.98. The maximum Gasteiger partial charge on any atom is 0.137 e. The molecule has 2 atom stereocenters. The molecule has 0 spiro atoms. The van der Waals surface area contributed by atoms with Crippen LogP contribution in [0.4, 0.5) is 4.39 Å². The number of halogens is 2. The Morgan fingerprint density at radius 1 is 1.40 bits per heavy atom. The van der Waals surface area contributed by atoms with Crippen molar-refractivity contribution in [1.29, 1.82) is 0 Å².